The summed E-state index contributed by atoms with van der Waals surface area (Å²) in [6.45, 7) is 4.11. The van der Waals surface area contributed by atoms with Gasteiger partial charge in [0.1, 0.15) is 11.5 Å². The van der Waals surface area contributed by atoms with E-state index in [4.69, 9.17) is 4.74 Å². The third kappa shape index (κ3) is 3.87. The molecule has 0 N–H and O–H groups in total. The van der Waals surface area contributed by atoms with Crippen molar-refractivity contribution >= 4 is 0 Å². The van der Waals surface area contributed by atoms with E-state index in [0.29, 0.717) is 0 Å². The number of benzene rings is 2. The lowest BCUT2D eigenvalue weighted by Gasteiger charge is -2.13. The van der Waals surface area contributed by atoms with E-state index in [1.165, 1.54) is 0 Å². The number of hydrogen-bond donors (Lipinski definition) is 0. The van der Waals surface area contributed by atoms with Crippen LogP contribution in [0.15, 0.2) is 85.2 Å². The molecule has 0 atom stereocenters. The zero-order valence-electron chi connectivity index (χ0n) is 15.4. The Morgan fingerprint density at radius 3 is 2.04 bits per heavy atom. The lowest BCUT2D eigenvalue weighted by Crippen LogP contribution is -1.92. The molecule has 0 aliphatic carbocycles. The summed E-state index contributed by atoms with van der Waals surface area (Å²) >= 11 is 0. The summed E-state index contributed by atoms with van der Waals surface area (Å²) in [6, 6.07) is 24.2. The number of aromatic nitrogens is 2. The fraction of sp³-hybridized carbons (Fsp3) is 0.0833. The summed E-state index contributed by atoms with van der Waals surface area (Å²) in [5.74, 6) is 1.63. The van der Waals surface area contributed by atoms with Gasteiger partial charge in [-0.15, -0.1) is 0 Å². The SMILES string of the molecule is Cc1cc(Oc2cc(-c3ccccn3)ccc2C)cc(-c2ccccn2)c1. The van der Waals surface area contributed by atoms with Gasteiger partial charge in [0.15, 0.2) is 0 Å². The first kappa shape index (κ1) is 17.0. The number of rotatable bonds is 4. The predicted octanol–water partition coefficient (Wildman–Crippen LogP) is 6.22. The predicted molar refractivity (Wildman–Crippen MR) is 109 cm³/mol. The molecule has 0 aliphatic heterocycles. The lowest BCUT2D eigenvalue weighted by atomic mass is 10.1. The van der Waals surface area contributed by atoms with Gasteiger partial charge in [-0.3, -0.25) is 9.97 Å². The number of ether oxygens (including phenoxy) is 1. The Morgan fingerprint density at radius 1 is 0.667 bits per heavy atom. The van der Waals surface area contributed by atoms with Crippen LogP contribution in [0.2, 0.25) is 0 Å². The largest absolute Gasteiger partial charge is 0.457 e. The maximum Gasteiger partial charge on any atom is 0.131 e. The summed E-state index contributed by atoms with van der Waals surface area (Å²) in [6.07, 6.45) is 3.61. The van der Waals surface area contributed by atoms with Crippen LogP contribution in [0.3, 0.4) is 0 Å². The second-order valence-electron chi connectivity index (χ2n) is 6.55. The molecular weight excluding hydrogens is 332 g/mol. The summed E-state index contributed by atoms with van der Waals surface area (Å²) in [7, 11) is 0. The first-order chi connectivity index (χ1) is 13.2. The second-order valence-corrected chi connectivity index (χ2v) is 6.55. The molecule has 0 saturated heterocycles. The maximum atomic E-state index is 6.26. The highest BCUT2D eigenvalue weighted by Gasteiger charge is 2.08. The zero-order valence-corrected chi connectivity index (χ0v) is 15.4. The van der Waals surface area contributed by atoms with Crippen molar-refractivity contribution in [2.45, 2.75) is 13.8 Å². The lowest BCUT2D eigenvalue weighted by molar-refractivity contribution is 0.479. The second kappa shape index (κ2) is 7.42. The smallest absolute Gasteiger partial charge is 0.131 e. The number of aryl methyl sites for hydroxylation is 2. The van der Waals surface area contributed by atoms with Gasteiger partial charge < -0.3 is 4.74 Å². The Labute approximate surface area is 159 Å². The van der Waals surface area contributed by atoms with Crippen molar-refractivity contribution < 1.29 is 4.74 Å². The fourth-order valence-electron chi connectivity index (χ4n) is 3.02. The van der Waals surface area contributed by atoms with Crippen molar-refractivity contribution in [1.29, 1.82) is 0 Å². The summed E-state index contributed by atoms with van der Waals surface area (Å²) in [4.78, 5) is 8.88. The third-order valence-electron chi connectivity index (χ3n) is 4.39. The minimum Gasteiger partial charge on any atom is -0.457 e. The summed E-state index contributed by atoms with van der Waals surface area (Å²) in [5.41, 5.74) is 6.16. The van der Waals surface area contributed by atoms with E-state index in [-0.39, 0.29) is 0 Å². The first-order valence-corrected chi connectivity index (χ1v) is 8.92. The molecule has 2 heterocycles. The van der Waals surface area contributed by atoms with Crippen LogP contribution in [0.5, 0.6) is 11.5 Å². The van der Waals surface area contributed by atoms with Crippen molar-refractivity contribution in [3.05, 3.63) is 96.3 Å². The molecule has 0 amide bonds. The molecule has 0 aliphatic rings. The van der Waals surface area contributed by atoms with Crippen molar-refractivity contribution in [1.82, 2.24) is 9.97 Å². The Morgan fingerprint density at radius 2 is 1.37 bits per heavy atom. The fourth-order valence-corrected chi connectivity index (χ4v) is 3.02. The molecule has 132 valence electrons. The van der Waals surface area contributed by atoms with Gasteiger partial charge in [0, 0.05) is 23.5 Å². The van der Waals surface area contributed by atoms with Gasteiger partial charge >= 0.3 is 0 Å². The Balaban J connectivity index is 1.69. The molecule has 4 aromatic rings. The molecule has 0 bridgehead atoms. The summed E-state index contributed by atoms with van der Waals surface area (Å²) < 4.78 is 6.26. The highest BCUT2D eigenvalue weighted by atomic mass is 16.5. The van der Waals surface area contributed by atoms with Gasteiger partial charge in [-0.1, -0.05) is 24.3 Å². The molecule has 3 heteroatoms. The monoisotopic (exact) mass is 352 g/mol. The molecule has 0 spiro atoms. The Kier molecular flexibility index (Phi) is 4.67. The molecule has 0 unspecified atom stereocenters. The first-order valence-electron chi connectivity index (χ1n) is 8.92. The Hall–Kier alpha value is -3.46. The van der Waals surface area contributed by atoms with E-state index in [9.17, 15) is 0 Å². The van der Waals surface area contributed by atoms with Crippen molar-refractivity contribution in [2.24, 2.45) is 0 Å². The van der Waals surface area contributed by atoms with E-state index < -0.39 is 0 Å². The van der Waals surface area contributed by atoms with Crippen LogP contribution in [-0.4, -0.2) is 9.97 Å². The molecule has 4 rings (SSSR count). The highest BCUT2D eigenvalue weighted by molar-refractivity contribution is 5.64. The molecule has 0 saturated carbocycles. The van der Waals surface area contributed by atoms with Crippen molar-refractivity contribution in [2.75, 3.05) is 0 Å². The molecule has 0 fully saturated rings. The van der Waals surface area contributed by atoms with Crippen LogP contribution < -0.4 is 4.74 Å². The maximum absolute atomic E-state index is 6.26. The van der Waals surface area contributed by atoms with Crippen LogP contribution in [0, 0.1) is 13.8 Å². The molecule has 27 heavy (non-hydrogen) atoms. The van der Waals surface area contributed by atoms with Gasteiger partial charge in [-0.2, -0.15) is 0 Å². The molecule has 0 radical (unpaired) electrons. The van der Waals surface area contributed by atoms with E-state index in [1.54, 1.807) is 12.4 Å². The van der Waals surface area contributed by atoms with Gasteiger partial charge in [-0.25, -0.2) is 0 Å². The van der Waals surface area contributed by atoms with Crippen LogP contribution in [0.4, 0.5) is 0 Å². The number of nitrogens with zero attached hydrogens (tertiary/aromatic N) is 2. The zero-order chi connectivity index (χ0) is 18.6. The Bertz CT molecular complexity index is 1060. The number of hydrogen-bond acceptors (Lipinski definition) is 3. The van der Waals surface area contributed by atoms with E-state index in [1.807, 2.05) is 61.5 Å². The third-order valence-corrected chi connectivity index (χ3v) is 4.39. The quantitative estimate of drug-likeness (QED) is 0.437. The van der Waals surface area contributed by atoms with E-state index >= 15 is 0 Å². The number of pyridine rings is 2. The molecular formula is C24H20N2O. The van der Waals surface area contributed by atoms with E-state index in [2.05, 4.69) is 35.1 Å². The normalized spacial score (nSPS) is 10.6. The van der Waals surface area contributed by atoms with Crippen LogP contribution >= 0.6 is 0 Å². The molecule has 2 aromatic heterocycles. The van der Waals surface area contributed by atoms with E-state index in [0.717, 1.165) is 45.1 Å². The van der Waals surface area contributed by atoms with Crippen LogP contribution in [0.25, 0.3) is 22.5 Å². The average Bonchev–Trinajstić information content (AvgIpc) is 2.70. The van der Waals surface area contributed by atoms with Gasteiger partial charge in [0.05, 0.1) is 11.4 Å². The summed E-state index contributed by atoms with van der Waals surface area (Å²) in [5, 5.41) is 0. The minimum atomic E-state index is 0.803. The van der Waals surface area contributed by atoms with Crippen molar-refractivity contribution in [3.63, 3.8) is 0 Å². The highest BCUT2D eigenvalue weighted by Crippen LogP contribution is 2.32. The molecule has 2 aromatic carbocycles. The van der Waals surface area contributed by atoms with Crippen LogP contribution in [0.1, 0.15) is 11.1 Å². The average molecular weight is 352 g/mol. The van der Waals surface area contributed by atoms with Crippen LogP contribution in [-0.2, 0) is 0 Å². The van der Waals surface area contributed by atoms with Gasteiger partial charge in [0.2, 0.25) is 0 Å². The van der Waals surface area contributed by atoms with Gasteiger partial charge in [0.25, 0.3) is 0 Å². The minimum absolute atomic E-state index is 0.803. The molecule has 3 nitrogen and oxygen atoms in total. The van der Waals surface area contributed by atoms with Crippen molar-refractivity contribution in [3.8, 4) is 34.0 Å². The topological polar surface area (TPSA) is 35.0 Å². The van der Waals surface area contributed by atoms with Gasteiger partial charge in [-0.05, 0) is 73.5 Å². The standard InChI is InChI=1S/C24H20N2O/c1-17-13-20(23-8-4-6-12-26-23)15-21(14-17)27-24-16-19(10-9-18(24)2)22-7-3-5-11-25-22/h3-16H,1-2H3.